The molecule has 0 spiro atoms. The second-order valence-corrected chi connectivity index (χ2v) is 7.31. The minimum absolute atomic E-state index is 0.188. The zero-order chi connectivity index (χ0) is 14.8. The first-order valence-electron chi connectivity index (χ1n) is 5.87. The average Bonchev–Trinajstić information content (AvgIpc) is 2.39. The van der Waals surface area contributed by atoms with E-state index < -0.39 is 9.84 Å². The molecule has 0 radical (unpaired) electrons. The second-order valence-electron chi connectivity index (χ2n) is 4.44. The molecule has 2 aromatic rings. The highest BCUT2D eigenvalue weighted by molar-refractivity contribution is 9.10. The van der Waals surface area contributed by atoms with Crippen LogP contribution in [0, 0.1) is 0 Å². The van der Waals surface area contributed by atoms with Crippen molar-refractivity contribution in [3.8, 4) is 5.75 Å². The highest BCUT2D eigenvalue weighted by Crippen LogP contribution is 2.25. The molecule has 0 saturated heterocycles. The van der Waals surface area contributed by atoms with Crippen LogP contribution in [0.4, 0.5) is 5.69 Å². The van der Waals surface area contributed by atoms with Gasteiger partial charge in [0.05, 0.1) is 9.37 Å². The van der Waals surface area contributed by atoms with Crippen LogP contribution in [-0.2, 0) is 16.4 Å². The molecule has 20 heavy (non-hydrogen) atoms. The summed E-state index contributed by atoms with van der Waals surface area (Å²) < 4.78 is 23.6. The largest absolute Gasteiger partial charge is 0.507 e. The smallest absolute Gasteiger partial charge is 0.175 e. The Balaban J connectivity index is 2.13. The topological polar surface area (TPSA) is 66.4 Å². The van der Waals surface area contributed by atoms with E-state index >= 15 is 0 Å². The Kier molecular flexibility index (Phi) is 4.35. The lowest BCUT2D eigenvalue weighted by atomic mass is 10.2. The number of rotatable bonds is 4. The number of phenols is 1. The summed E-state index contributed by atoms with van der Waals surface area (Å²) in [5.74, 6) is 0.188. The molecule has 0 aliphatic heterocycles. The first-order chi connectivity index (χ1) is 9.36. The van der Waals surface area contributed by atoms with Crippen molar-refractivity contribution in [3.63, 3.8) is 0 Å². The summed E-state index contributed by atoms with van der Waals surface area (Å²) in [6.45, 7) is 0.534. The molecule has 6 heteroatoms. The van der Waals surface area contributed by atoms with Crippen LogP contribution in [0.1, 0.15) is 5.56 Å². The van der Waals surface area contributed by atoms with Crippen LogP contribution in [-0.4, -0.2) is 19.8 Å². The van der Waals surface area contributed by atoms with Crippen LogP contribution in [0.25, 0.3) is 0 Å². The van der Waals surface area contributed by atoms with Gasteiger partial charge in [-0.2, -0.15) is 0 Å². The van der Waals surface area contributed by atoms with Gasteiger partial charge >= 0.3 is 0 Å². The van der Waals surface area contributed by atoms with Crippen LogP contribution in [0.15, 0.2) is 51.8 Å². The summed E-state index contributed by atoms with van der Waals surface area (Å²) >= 11 is 3.25. The summed E-state index contributed by atoms with van der Waals surface area (Å²) in [6, 6.07) is 11.9. The van der Waals surface area contributed by atoms with Gasteiger partial charge in [-0.1, -0.05) is 12.1 Å². The molecule has 106 valence electrons. The van der Waals surface area contributed by atoms with Gasteiger partial charge in [0.1, 0.15) is 5.75 Å². The number of hydrogen-bond acceptors (Lipinski definition) is 4. The highest BCUT2D eigenvalue weighted by atomic mass is 79.9. The predicted octanol–water partition coefficient (Wildman–Crippen LogP) is 3.17. The minimum atomic E-state index is -3.20. The van der Waals surface area contributed by atoms with Crippen molar-refractivity contribution in [2.45, 2.75) is 11.4 Å². The lowest BCUT2D eigenvalue weighted by Crippen LogP contribution is -2.02. The van der Waals surface area contributed by atoms with Crippen LogP contribution >= 0.6 is 15.9 Å². The maximum Gasteiger partial charge on any atom is 0.175 e. The zero-order valence-electron chi connectivity index (χ0n) is 10.8. The van der Waals surface area contributed by atoms with Crippen LogP contribution in [0.2, 0.25) is 0 Å². The first-order valence-corrected chi connectivity index (χ1v) is 8.56. The molecule has 4 nitrogen and oxygen atoms in total. The Hall–Kier alpha value is -1.53. The number of nitrogens with one attached hydrogen (secondary N) is 1. The Morgan fingerprint density at radius 1 is 1.20 bits per heavy atom. The van der Waals surface area contributed by atoms with Crippen molar-refractivity contribution in [2.24, 2.45) is 0 Å². The summed E-state index contributed by atoms with van der Waals surface area (Å²) in [5.41, 5.74) is 1.71. The van der Waals surface area contributed by atoms with Crippen molar-refractivity contribution in [1.82, 2.24) is 0 Å². The Bertz CT molecular complexity index is 729. The van der Waals surface area contributed by atoms with Gasteiger partial charge in [-0.3, -0.25) is 0 Å². The van der Waals surface area contributed by atoms with E-state index in [1.165, 1.54) is 6.26 Å². The number of hydrogen-bond donors (Lipinski definition) is 2. The van der Waals surface area contributed by atoms with E-state index in [1.807, 2.05) is 12.1 Å². The molecule has 0 bridgehead atoms. The van der Waals surface area contributed by atoms with Gasteiger partial charge in [0.2, 0.25) is 0 Å². The summed E-state index contributed by atoms with van der Waals surface area (Å²) in [5, 5.41) is 12.6. The lowest BCUT2D eigenvalue weighted by molar-refractivity contribution is 0.471. The number of halogens is 1. The number of benzene rings is 2. The molecule has 0 fully saturated rings. The molecule has 0 amide bonds. The highest BCUT2D eigenvalue weighted by Gasteiger charge is 2.07. The molecule has 0 heterocycles. The van der Waals surface area contributed by atoms with Crippen LogP contribution < -0.4 is 5.32 Å². The zero-order valence-corrected chi connectivity index (χ0v) is 13.2. The molecule has 2 rings (SSSR count). The quantitative estimate of drug-likeness (QED) is 0.883. The maximum absolute atomic E-state index is 11.5. The van der Waals surface area contributed by atoms with E-state index in [-0.39, 0.29) is 10.6 Å². The monoisotopic (exact) mass is 355 g/mol. The third-order valence-corrected chi connectivity index (χ3v) is 4.52. The van der Waals surface area contributed by atoms with Crippen molar-refractivity contribution < 1.29 is 13.5 Å². The minimum Gasteiger partial charge on any atom is -0.507 e. The first kappa shape index (κ1) is 14.9. The Labute approximate surface area is 126 Å². The third-order valence-electron chi connectivity index (χ3n) is 2.77. The fourth-order valence-electron chi connectivity index (χ4n) is 1.70. The SMILES string of the molecule is CS(=O)(=O)c1cccc(NCc2ccc(O)c(Br)c2)c1. The van der Waals surface area contributed by atoms with Gasteiger partial charge in [0.15, 0.2) is 9.84 Å². The fourth-order valence-corrected chi connectivity index (χ4v) is 2.79. The normalized spacial score (nSPS) is 11.3. The predicted molar refractivity (Wildman–Crippen MR) is 82.7 cm³/mol. The molecule has 0 unspecified atom stereocenters. The maximum atomic E-state index is 11.5. The van der Waals surface area contributed by atoms with E-state index in [0.29, 0.717) is 11.0 Å². The van der Waals surface area contributed by atoms with Gasteiger partial charge in [-0.25, -0.2) is 8.42 Å². The van der Waals surface area contributed by atoms with Crippen molar-refractivity contribution in [1.29, 1.82) is 0 Å². The number of aromatic hydroxyl groups is 1. The molecule has 0 aliphatic carbocycles. The van der Waals surface area contributed by atoms with Gasteiger partial charge < -0.3 is 10.4 Å². The third kappa shape index (κ3) is 3.74. The summed E-state index contributed by atoms with van der Waals surface area (Å²) in [6.07, 6.45) is 1.18. The van der Waals surface area contributed by atoms with Gasteiger partial charge in [0.25, 0.3) is 0 Å². The van der Waals surface area contributed by atoms with E-state index in [0.717, 1.165) is 11.3 Å². The standard InChI is InChI=1S/C14H14BrNO3S/c1-20(18,19)12-4-2-3-11(8-12)16-9-10-5-6-14(17)13(15)7-10/h2-8,16-17H,9H2,1H3. The molecular weight excluding hydrogens is 342 g/mol. The molecule has 2 N–H and O–H groups in total. The summed E-state index contributed by atoms with van der Waals surface area (Å²) in [7, 11) is -3.20. The van der Waals surface area contributed by atoms with Gasteiger partial charge in [-0.05, 0) is 51.8 Å². The second kappa shape index (κ2) is 5.85. The van der Waals surface area contributed by atoms with Crippen molar-refractivity contribution in [3.05, 3.63) is 52.5 Å². The van der Waals surface area contributed by atoms with Crippen molar-refractivity contribution >= 4 is 31.5 Å². The summed E-state index contributed by atoms with van der Waals surface area (Å²) in [4.78, 5) is 0.286. The van der Waals surface area contributed by atoms with Crippen molar-refractivity contribution in [2.75, 3.05) is 11.6 Å². The fraction of sp³-hybridized carbons (Fsp3) is 0.143. The molecular formula is C14H14BrNO3S. The van der Waals surface area contributed by atoms with Crippen LogP contribution in [0.5, 0.6) is 5.75 Å². The van der Waals surface area contributed by atoms with Gasteiger partial charge in [0, 0.05) is 18.5 Å². The van der Waals surface area contributed by atoms with Crippen LogP contribution in [0.3, 0.4) is 0 Å². The van der Waals surface area contributed by atoms with E-state index in [4.69, 9.17) is 0 Å². The van der Waals surface area contributed by atoms with Gasteiger partial charge in [-0.15, -0.1) is 0 Å². The number of sulfone groups is 1. The van der Waals surface area contributed by atoms with E-state index in [2.05, 4.69) is 21.2 Å². The number of phenolic OH excluding ortho intramolecular Hbond substituents is 1. The Morgan fingerprint density at radius 3 is 2.60 bits per heavy atom. The lowest BCUT2D eigenvalue weighted by Gasteiger charge is -2.09. The van der Waals surface area contributed by atoms with E-state index in [1.54, 1.807) is 30.3 Å². The molecule has 0 saturated carbocycles. The molecule has 0 atom stereocenters. The molecule has 2 aromatic carbocycles. The van der Waals surface area contributed by atoms with E-state index in [9.17, 15) is 13.5 Å². The Morgan fingerprint density at radius 2 is 1.95 bits per heavy atom. The average molecular weight is 356 g/mol. The molecule has 0 aliphatic rings. The molecule has 0 aromatic heterocycles. The number of anilines is 1.